The van der Waals surface area contributed by atoms with Crippen LogP contribution in [-0.4, -0.2) is 10.7 Å². The quantitative estimate of drug-likeness (QED) is 0.610. The molecular formula is C12H22O. The summed E-state index contributed by atoms with van der Waals surface area (Å²) in [6.45, 7) is 4.43. The van der Waals surface area contributed by atoms with Gasteiger partial charge in [0.2, 0.25) is 0 Å². The summed E-state index contributed by atoms with van der Waals surface area (Å²) in [5.74, 6) is 2.27. The highest BCUT2D eigenvalue weighted by Crippen LogP contribution is 2.49. The minimum atomic E-state index is -0.344. The maximum atomic E-state index is 10.2. The molecule has 76 valence electrons. The molecule has 13 heavy (non-hydrogen) atoms. The van der Waals surface area contributed by atoms with E-state index in [2.05, 4.69) is 13.8 Å². The normalized spacial score (nSPS) is 51.5. The molecule has 0 radical (unpaired) electrons. The number of hydrogen-bond donors (Lipinski definition) is 1. The Morgan fingerprint density at radius 2 is 1.85 bits per heavy atom. The van der Waals surface area contributed by atoms with Crippen molar-refractivity contribution >= 4 is 0 Å². The van der Waals surface area contributed by atoms with Gasteiger partial charge in [-0.2, -0.15) is 0 Å². The van der Waals surface area contributed by atoms with Crippen molar-refractivity contribution < 1.29 is 5.11 Å². The topological polar surface area (TPSA) is 20.2 Å². The second kappa shape index (κ2) is 3.27. The van der Waals surface area contributed by atoms with Gasteiger partial charge in [0.05, 0.1) is 5.60 Å². The van der Waals surface area contributed by atoms with E-state index in [0.29, 0.717) is 5.92 Å². The van der Waals surface area contributed by atoms with E-state index in [0.717, 1.165) is 18.3 Å². The summed E-state index contributed by atoms with van der Waals surface area (Å²) in [5.41, 5.74) is -0.344. The molecule has 1 heteroatoms. The Balaban J connectivity index is 2.15. The zero-order valence-electron chi connectivity index (χ0n) is 8.92. The minimum absolute atomic E-state index is 0.344. The molecule has 0 heterocycles. The molecule has 0 aromatic rings. The minimum Gasteiger partial charge on any atom is -0.390 e. The van der Waals surface area contributed by atoms with Crippen LogP contribution in [-0.2, 0) is 0 Å². The van der Waals surface area contributed by atoms with E-state index in [1.54, 1.807) is 0 Å². The molecule has 0 amide bonds. The molecule has 1 nitrogen and oxygen atoms in total. The zero-order valence-corrected chi connectivity index (χ0v) is 8.92. The number of hydrogen-bond acceptors (Lipinski definition) is 1. The summed E-state index contributed by atoms with van der Waals surface area (Å²) in [4.78, 5) is 0. The van der Waals surface area contributed by atoms with Gasteiger partial charge in [-0.15, -0.1) is 0 Å². The zero-order chi connectivity index (χ0) is 9.47. The van der Waals surface area contributed by atoms with Crippen LogP contribution in [0.4, 0.5) is 0 Å². The Labute approximate surface area is 81.5 Å². The predicted molar refractivity (Wildman–Crippen MR) is 54.5 cm³/mol. The number of rotatable bonds is 0. The molecule has 2 saturated carbocycles. The van der Waals surface area contributed by atoms with Crippen LogP contribution in [0.2, 0.25) is 0 Å². The van der Waals surface area contributed by atoms with Gasteiger partial charge in [-0.3, -0.25) is 0 Å². The van der Waals surface area contributed by atoms with Gasteiger partial charge >= 0.3 is 0 Å². The van der Waals surface area contributed by atoms with Gasteiger partial charge in [-0.1, -0.05) is 26.2 Å². The van der Waals surface area contributed by atoms with Crippen molar-refractivity contribution in [3.05, 3.63) is 0 Å². The summed E-state index contributed by atoms with van der Waals surface area (Å²) in [6, 6.07) is 0. The first kappa shape index (κ1) is 9.51. The molecule has 0 aromatic heterocycles. The van der Waals surface area contributed by atoms with Crippen LogP contribution in [0.5, 0.6) is 0 Å². The lowest BCUT2D eigenvalue weighted by Gasteiger charge is -2.30. The Morgan fingerprint density at radius 3 is 2.62 bits per heavy atom. The third kappa shape index (κ3) is 1.63. The first-order chi connectivity index (χ1) is 6.11. The highest BCUT2D eigenvalue weighted by molar-refractivity contribution is 4.96. The maximum absolute atomic E-state index is 10.2. The van der Waals surface area contributed by atoms with Crippen molar-refractivity contribution in [2.75, 3.05) is 0 Å². The first-order valence-electron chi connectivity index (χ1n) is 5.83. The van der Waals surface area contributed by atoms with Crippen molar-refractivity contribution in [2.45, 2.75) is 58.0 Å². The third-order valence-electron chi connectivity index (χ3n) is 4.45. The first-order valence-corrected chi connectivity index (χ1v) is 5.83. The summed E-state index contributed by atoms with van der Waals surface area (Å²) < 4.78 is 0. The van der Waals surface area contributed by atoms with Crippen molar-refractivity contribution in [2.24, 2.45) is 17.8 Å². The molecule has 0 saturated heterocycles. The number of fused-ring (bicyclic) bond motifs is 1. The van der Waals surface area contributed by atoms with Crippen LogP contribution in [0.25, 0.3) is 0 Å². The van der Waals surface area contributed by atoms with Gasteiger partial charge in [0.25, 0.3) is 0 Å². The van der Waals surface area contributed by atoms with Crippen LogP contribution in [0.15, 0.2) is 0 Å². The van der Waals surface area contributed by atoms with Crippen molar-refractivity contribution in [1.82, 2.24) is 0 Å². The van der Waals surface area contributed by atoms with Gasteiger partial charge < -0.3 is 5.11 Å². The molecular weight excluding hydrogens is 160 g/mol. The van der Waals surface area contributed by atoms with Crippen LogP contribution < -0.4 is 0 Å². The van der Waals surface area contributed by atoms with Crippen LogP contribution >= 0.6 is 0 Å². The van der Waals surface area contributed by atoms with Gasteiger partial charge in [-0.25, -0.2) is 0 Å². The summed E-state index contributed by atoms with van der Waals surface area (Å²) >= 11 is 0. The lowest BCUT2D eigenvalue weighted by atomic mass is 9.79. The number of aliphatic hydroxyl groups is 1. The molecule has 2 aliphatic rings. The fourth-order valence-corrected chi connectivity index (χ4v) is 3.56. The van der Waals surface area contributed by atoms with Gasteiger partial charge in [0.15, 0.2) is 0 Å². The van der Waals surface area contributed by atoms with E-state index in [1.165, 1.54) is 32.1 Å². The van der Waals surface area contributed by atoms with Crippen LogP contribution in [0, 0.1) is 17.8 Å². The predicted octanol–water partition coefficient (Wildman–Crippen LogP) is 2.97. The average Bonchev–Trinajstić information content (AvgIpc) is 2.26. The largest absolute Gasteiger partial charge is 0.390 e. The lowest BCUT2D eigenvalue weighted by molar-refractivity contribution is 0.00314. The Hall–Kier alpha value is -0.0400. The SMILES string of the molecule is CC1CCCCC2C1CCC2(C)O. The third-order valence-corrected chi connectivity index (χ3v) is 4.45. The van der Waals surface area contributed by atoms with Gasteiger partial charge in [-0.05, 0) is 43.9 Å². The summed E-state index contributed by atoms with van der Waals surface area (Å²) in [6.07, 6.45) is 7.66. The van der Waals surface area contributed by atoms with Crippen molar-refractivity contribution in [1.29, 1.82) is 0 Å². The van der Waals surface area contributed by atoms with Crippen LogP contribution in [0.3, 0.4) is 0 Å². The molecule has 0 aliphatic heterocycles. The van der Waals surface area contributed by atoms with E-state index < -0.39 is 0 Å². The molecule has 4 atom stereocenters. The standard InChI is InChI=1S/C12H22O/c1-9-5-3-4-6-11-10(9)7-8-12(11,2)13/h9-11,13H,3-8H2,1-2H3. The Morgan fingerprint density at radius 1 is 1.15 bits per heavy atom. The summed E-state index contributed by atoms with van der Waals surface area (Å²) in [7, 11) is 0. The highest BCUT2D eigenvalue weighted by atomic mass is 16.3. The van der Waals surface area contributed by atoms with Crippen LogP contribution in [0.1, 0.15) is 52.4 Å². The van der Waals surface area contributed by atoms with Crippen molar-refractivity contribution in [3.8, 4) is 0 Å². The summed E-state index contributed by atoms with van der Waals surface area (Å²) in [5, 5.41) is 10.2. The van der Waals surface area contributed by atoms with E-state index in [9.17, 15) is 5.11 Å². The molecule has 2 fully saturated rings. The Bertz CT molecular complexity index is 186. The average molecular weight is 182 g/mol. The maximum Gasteiger partial charge on any atom is 0.0650 e. The second-order valence-corrected chi connectivity index (χ2v) is 5.43. The smallest absolute Gasteiger partial charge is 0.0650 e. The fourth-order valence-electron chi connectivity index (χ4n) is 3.56. The Kier molecular flexibility index (Phi) is 2.39. The molecule has 0 aromatic carbocycles. The second-order valence-electron chi connectivity index (χ2n) is 5.43. The molecule has 2 rings (SSSR count). The van der Waals surface area contributed by atoms with E-state index in [1.807, 2.05) is 0 Å². The molecule has 1 N–H and O–H groups in total. The molecule has 2 aliphatic carbocycles. The molecule has 0 bridgehead atoms. The molecule has 0 spiro atoms. The van der Waals surface area contributed by atoms with E-state index >= 15 is 0 Å². The van der Waals surface area contributed by atoms with E-state index in [4.69, 9.17) is 0 Å². The van der Waals surface area contributed by atoms with Crippen molar-refractivity contribution in [3.63, 3.8) is 0 Å². The van der Waals surface area contributed by atoms with Gasteiger partial charge in [0, 0.05) is 0 Å². The monoisotopic (exact) mass is 182 g/mol. The van der Waals surface area contributed by atoms with Gasteiger partial charge in [0.1, 0.15) is 0 Å². The lowest BCUT2D eigenvalue weighted by Crippen LogP contribution is -2.32. The highest BCUT2D eigenvalue weighted by Gasteiger charge is 2.45. The fraction of sp³-hybridized carbons (Fsp3) is 1.00. The molecule has 4 unspecified atom stereocenters. The van der Waals surface area contributed by atoms with E-state index in [-0.39, 0.29) is 5.60 Å².